The van der Waals surface area contributed by atoms with Crippen LogP contribution in [-0.2, 0) is 22.2 Å². The minimum absolute atomic E-state index is 0.0528. The van der Waals surface area contributed by atoms with Crippen LogP contribution in [0.5, 0.6) is 5.75 Å². The number of hydrogen-bond acceptors (Lipinski definition) is 5. The van der Waals surface area contributed by atoms with Crippen molar-refractivity contribution < 1.29 is 14.1 Å². The second-order valence-electron chi connectivity index (χ2n) is 7.69. The minimum atomic E-state index is -0.690. The van der Waals surface area contributed by atoms with E-state index in [9.17, 15) is 4.79 Å². The van der Waals surface area contributed by atoms with Gasteiger partial charge < -0.3 is 14.6 Å². The van der Waals surface area contributed by atoms with E-state index < -0.39 is 5.54 Å². The minimum Gasteiger partial charge on any atom is -0.497 e. The molecule has 0 saturated carbocycles. The van der Waals surface area contributed by atoms with Gasteiger partial charge in [-0.15, -0.1) is 0 Å². The summed E-state index contributed by atoms with van der Waals surface area (Å²) < 4.78 is 10.5. The third-order valence-corrected chi connectivity index (χ3v) is 3.88. The number of methoxy groups -OCH3 is 1. The molecule has 0 aliphatic heterocycles. The molecule has 1 heterocycles. The van der Waals surface area contributed by atoms with Crippen LogP contribution < -0.4 is 10.1 Å². The zero-order chi connectivity index (χ0) is 18.7. The number of hydrogen-bond donors (Lipinski definition) is 1. The summed E-state index contributed by atoms with van der Waals surface area (Å²) in [5.74, 6) is 1.79. The SMILES string of the molecule is COc1ccc(CCC(=O)NC(C)(C)c2noc(C(C)(C)C)n2)cc1. The molecule has 1 amide bonds. The van der Waals surface area contributed by atoms with Gasteiger partial charge in [-0.1, -0.05) is 38.1 Å². The van der Waals surface area contributed by atoms with Crippen molar-refractivity contribution in [2.45, 2.75) is 58.4 Å². The zero-order valence-corrected chi connectivity index (χ0v) is 15.8. The molecule has 6 heteroatoms. The van der Waals surface area contributed by atoms with Crippen molar-refractivity contribution >= 4 is 5.91 Å². The van der Waals surface area contributed by atoms with E-state index in [1.165, 1.54) is 0 Å². The van der Waals surface area contributed by atoms with Gasteiger partial charge in [-0.3, -0.25) is 4.79 Å². The molecule has 6 nitrogen and oxygen atoms in total. The lowest BCUT2D eigenvalue weighted by molar-refractivity contribution is -0.122. The summed E-state index contributed by atoms with van der Waals surface area (Å²) in [6.45, 7) is 9.76. The van der Waals surface area contributed by atoms with Gasteiger partial charge in [0.05, 0.1) is 12.6 Å². The van der Waals surface area contributed by atoms with Gasteiger partial charge in [0.25, 0.3) is 0 Å². The van der Waals surface area contributed by atoms with Crippen molar-refractivity contribution in [3.63, 3.8) is 0 Å². The number of benzene rings is 1. The number of nitrogens with one attached hydrogen (secondary N) is 1. The van der Waals surface area contributed by atoms with Gasteiger partial charge >= 0.3 is 0 Å². The second-order valence-corrected chi connectivity index (χ2v) is 7.69. The molecule has 1 aromatic carbocycles. The van der Waals surface area contributed by atoms with Crippen LogP contribution in [0.25, 0.3) is 0 Å². The first-order chi connectivity index (χ1) is 11.6. The van der Waals surface area contributed by atoms with Crippen molar-refractivity contribution in [1.29, 1.82) is 0 Å². The number of rotatable bonds is 6. The van der Waals surface area contributed by atoms with E-state index in [4.69, 9.17) is 9.26 Å². The first kappa shape index (κ1) is 19.0. The fourth-order valence-corrected chi connectivity index (χ4v) is 2.30. The smallest absolute Gasteiger partial charge is 0.232 e. The van der Waals surface area contributed by atoms with Gasteiger partial charge in [0.15, 0.2) is 5.82 Å². The number of carbonyl (C=O) groups is 1. The van der Waals surface area contributed by atoms with E-state index in [-0.39, 0.29) is 11.3 Å². The summed E-state index contributed by atoms with van der Waals surface area (Å²) in [5.41, 5.74) is 0.173. The van der Waals surface area contributed by atoms with Crippen LogP contribution in [0.1, 0.15) is 58.3 Å². The highest BCUT2D eigenvalue weighted by molar-refractivity contribution is 5.77. The monoisotopic (exact) mass is 345 g/mol. The average Bonchev–Trinajstić information content (AvgIpc) is 3.04. The number of nitrogens with zero attached hydrogens (tertiary/aromatic N) is 2. The molecular formula is C19H27N3O3. The van der Waals surface area contributed by atoms with Crippen molar-refractivity contribution in [2.75, 3.05) is 7.11 Å². The molecule has 0 spiro atoms. The molecule has 2 rings (SSSR count). The molecule has 25 heavy (non-hydrogen) atoms. The molecule has 0 aliphatic carbocycles. The Labute approximate surface area is 149 Å². The van der Waals surface area contributed by atoms with Gasteiger partial charge in [-0.25, -0.2) is 0 Å². The van der Waals surface area contributed by atoms with E-state index >= 15 is 0 Å². The highest BCUT2D eigenvalue weighted by Crippen LogP contribution is 2.24. The highest BCUT2D eigenvalue weighted by atomic mass is 16.5. The Bertz CT molecular complexity index is 712. The van der Waals surface area contributed by atoms with Crippen molar-refractivity contribution in [1.82, 2.24) is 15.5 Å². The van der Waals surface area contributed by atoms with E-state index in [2.05, 4.69) is 15.5 Å². The number of ether oxygens (including phenoxy) is 1. The number of carbonyl (C=O) groups excluding carboxylic acids is 1. The van der Waals surface area contributed by atoms with Crippen LogP contribution in [-0.4, -0.2) is 23.2 Å². The Kier molecular flexibility index (Phi) is 5.50. The van der Waals surface area contributed by atoms with Gasteiger partial charge in [0.1, 0.15) is 5.75 Å². The molecule has 0 radical (unpaired) electrons. The van der Waals surface area contributed by atoms with Gasteiger partial charge in [-0.2, -0.15) is 4.98 Å². The van der Waals surface area contributed by atoms with E-state index in [1.54, 1.807) is 7.11 Å². The van der Waals surface area contributed by atoms with E-state index in [1.807, 2.05) is 58.9 Å². The molecule has 0 unspecified atom stereocenters. The molecule has 1 aromatic heterocycles. The number of aromatic nitrogens is 2. The maximum Gasteiger partial charge on any atom is 0.232 e. The van der Waals surface area contributed by atoms with Crippen molar-refractivity contribution in [3.8, 4) is 5.75 Å². The number of aryl methyl sites for hydroxylation is 1. The lowest BCUT2D eigenvalue weighted by atomic mass is 9.97. The largest absolute Gasteiger partial charge is 0.497 e. The second kappa shape index (κ2) is 7.25. The Balaban J connectivity index is 1.94. The summed E-state index contributed by atoms with van der Waals surface area (Å²) in [7, 11) is 1.63. The number of amides is 1. The molecule has 136 valence electrons. The lowest BCUT2D eigenvalue weighted by Crippen LogP contribution is -2.42. The topological polar surface area (TPSA) is 77.2 Å². The third-order valence-electron chi connectivity index (χ3n) is 3.88. The van der Waals surface area contributed by atoms with E-state index in [0.717, 1.165) is 11.3 Å². The summed E-state index contributed by atoms with van der Waals surface area (Å²) in [6, 6.07) is 7.72. The standard InChI is InChI=1S/C19H27N3O3/c1-18(2,3)17-20-16(22-25-17)19(4,5)21-15(23)12-9-13-7-10-14(24-6)11-8-13/h7-8,10-11H,9,12H2,1-6H3,(H,21,23). The summed E-state index contributed by atoms with van der Waals surface area (Å²) >= 11 is 0. The Hall–Kier alpha value is -2.37. The Morgan fingerprint density at radius 2 is 1.80 bits per heavy atom. The molecule has 0 fully saturated rings. The summed E-state index contributed by atoms with van der Waals surface area (Å²) in [5, 5.41) is 7.01. The first-order valence-corrected chi connectivity index (χ1v) is 8.40. The quantitative estimate of drug-likeness (QED) is 0.868. The molecule has 0 bridgehead atoms. The fraction of sp³-hybridized carbons (Fsp3) is 0.526. The molecule has 1 N–H and O–H groups in total. The van der Waals surface area contributed by atoms with Gasteiger partial charge in [0.2, 0.25) is 11.8 Å². The summed E-state index contributed by atoms with van der Waals surface area (Å²) in [4.78, 5) is 16.7. The van der Waals surface area contributed by atoms with Crippen LogP contribution >= 0.6 is 0 Å². The van der Waals surface area contributed by atoms with E-state index in [0.29, 0.717) is 24.6 Å². The predicted octanol–water partition coefficient (Wildman–Crippen LogP) is 3.36. The Morgan fingerprint density at radius 1 is 1.16 bits per heavy atom. The molecule has 2 aromatic rings. The molecule has 0 saturated heterocycles. The van der Waals surface area contributed by atoms with Crippen LogP contribution in [0.3, 0.4) is 0 Å². The third kappa shape index (κ3) is 5.05. The first-order valence-electron chi connectivity index (χ1n) is 8.40. The van der Waals surface area contributed by atoms with Gasteiger partial charge in [0, 0.05) is 11.8 Å². The molecule has 0 atom stereocenters. The Morgan fingerprint density at radius 3 is 2.32 bits per heavy atom. The zero-order valence-electron chi connectivity index (χ0n) is 15.8. The average molecular weight is 345 g/mol. The van der Waals surface area contributed by atoms with Crippen molar-refractivity contribution in [3.05, 3.63) is 41.5 Å². The van der Waals surface area contributed by atoms with Crippen LogP contribution in [0.4, 0.5) is 0 Å². The predicted molar refractivity (Wildman–Crippen MR) is 95.5 cm³/mol. The summed E-state index contributed by atoms with van der Waals surface area (Å²) in [6.07, 6.45) is 1.05. The maximum absolute atomic E-state index is 12.3. The van der Waals surface area contributed by atoms with Gasteiger partial charge in [-0.05, 0) is 38.0 Å². The van der Waals surface area contributed by atoms with Crippen molar-refractivity contribution in [2.24, 2.45) is 0 Å². The lowest BCUT2D eigenvalue weighted by Gasteiger charge is -2.22. The fourth-order valence-electron chi connectivity index (χ4n) is 2.30. The molecular weight excluding hydrogens is 318 g/mol. The normalized spacial score (nSPS) is 12.1. The maximum atomic E-state index is 12.3. The highest BCUT2D eigenvalue weighted by Gasteiger charge is 2.31. The van der Waals surface area contributed by atoms with Crippen LogP contribution in [0.15, 0.2) is 28.8 Å². The van der Waals surface area contributed by atoms with Crippen LogP contribution in [0, 0.1) is 0 Å². The molecule has 0 aliphatic rings. The van der Waals surface area contributed by atoms with Crippen LogP contribution in [0.2, 0.25) is 0 Å².